The summed E-state index contributed by atoms with van der Waals surface area (Å²) in [6, 6.07) is 0. The minimum atomic E-state index is -0.688. The standard InChI is InChI=1S/C9H17NO2/c1-7-4-3-5-8(6-10-12)9(7,2)11/h7-8,11H,3-6H2,1-2H3. The fourth-order valence-electron chi connectivity index (χ4n) is 2.02. The molecule has 0 amide bonds. The quantitative estimate of drug-likeness (QED) is 0.645. The molecule has 3 heteroatoms. The predicted octanol–water partition coefficient (Wildman–Crippen LogP) is 1.94. The number of nitrogens with zero attached hydrogens (tertiary/aromatic N) is 1. The maximum atomic E-state index is 10.1. The summed E-state index contributed by atoms with van der Waals surface area (Å²) >= 11 is 0. The Hall–Kier alpha value is -0.440. The molecule has 1 aliphatic carbocycles. The Morgan fingerprint density at radius 2 is 2.25 bits per heavy atom. The molecule has 0 aromatic heterocycles. The van der Waals surface area contributed by atoms with E-state index in [9.17, 15) is 10.0 Å². The highest BCUT2D eigenvalue weighted by molar-refractivity contribution is 4.91. The van der Waals surface area contributed by atoms with Crippen LogP contribution in [0.25, 0.3) is 0 Å². The van der Waals surface area contributed by atoms with Crippen LogP contribution in [0.15, 0.2) is 5.18 Å². The minimum Gasteiger partial charge on any atom is -0.390 e. The molecule has 0 bridgehead atoms. The van der Waals surface area contributed by atoms with Gasteiger partial charge >= 0.3 is 0 Å². The molecule has 0 aromatic rings. The average Bonchev–Trinajstić information content (AvgIpc) is 2.00. The van der Waals surface area contributed by atoms with Gasteiger partial charge in [0.25, 0.3) is 0 Å². The molecule has 12 heavy (non-hydrogen) atoms. The average molecular weight is 171 g/mol. The van der Waals surface area contributed by atoms with Crippen molar-refractivity contribution in [3.05, 3.63) is 4.91 Å². The third-order valence-electron chi connectivity index (χ3n) is 3.31. The summed E-state index contributed by atoms with van der Waals surface area (Å²) in [5.41, 5.74) is -0.688. The molecular formula is C9H17NO2. The van der Waals surface area contributed by atoms with Crippen LogP contribution in [0.4, 0.5) is 0 Å². The van der Waals surface area contributed by atoms with E-state index >= 15 is 0 Å². The maximum Gasteiger partial charge on any atom is 0.0866 e. The first-order valence-electron chi connectivity index (χ1n) is 4.60. The number of hydrogen-bond acceptors (Lipinski definition) is 3. The molecule has 0 saturated heterocycles. The zero-order valence-corrected chi connectivity index (χ0v) is 7.79. The fraction of sp³-hybridized carbons (Fsp3) is 1.00. The lowest BCUT2D eigenvalue weighted by Crippen LogP contribution is -2.45. The molecule has 0 aliphatic heterocycles. The monoisotopic (exact) mass is 171 g/mol. The third-order valence-corrected chi connectivity index (χ3v) is 3.31. The van der Waals surface area contributed by atoms with Gasteiger partial charge in [-0.15, -0.1) is 0 Å². The van der Waals surface area contributed by atoms with Gasteiger partial charge in [-0.1, -0.05) is 18.5 Å². The van der Waals surface area contributed by atoms with Crippen LogP contribution >= 0.6 is 0 Å². The van der Waals surface area contributed by atoms with Gasteiger partial charge in [-0.05, 0) is 25.7 Å². The van der Waals surface area contributed by atoms with Crippen molar-refractivity contribution in [2.75, 3.05) is 6.54 Å². The summed E-state index contributed by atoms with van der Waals surface area (Å²) in [7, 11) is 0. The molecule has 0 heterocycles. The lowest BCUT2D eigenvalue weighted by molar-refractivity contribution is -0.0694. The summed E-state index contributed by atoms with van der Waals surface area (Å²) in [5.74, 6) is 0.358. The van der Waals surface area contributed by atoms with E-state index in [2.05, 4.69) is 5.18 Å². The molecule has 3 nitrogen and oxygen atoms in total. The van der Waals surface area contributed by atoms with Crippen LogP contribution in [-0.2, 0) is 0 Å². The van der Waals surface area contributed by atoms with Crippen molar-refractivity contribution in [1.29, 1.82) is 0 Å². The molecule has 1 fully saturated rings. The Morgan fingerprint density at radius 1 is 1.58 bits per heavy atom. The summed E-state index contributed by atoms with van der Waals surface area (Å²) in [4.78, 5) is 10.1. The van der Waals surface area contributed by atoms with Crippen LogP contribution in [0, 0.1) is 16.7 Å². The van der Waals surface area contributed by atoms with Gasteiger partial charge in [0.2, 0.25) is 0 Å². The Balaban J connectivity index is 2.65. The Bertz CT molecular complexity index is 168. The highest BCUT2D eigenvalue weighted by Crippen LogP contribution is 2.37. The molecule has 0 spiro atoms. The number of nitroso groups, excluding NO2 is 1. The zero-order valence-electron chi connectivity index (χ0n) is 7.79. The molecular weight excluding hydrogens is 154 g/mol. The second-order valence-corrected chi connectivity index (χ2v) is 4.07. The molecule has 70 valence electrons. The molecule has 1 aliphatic rings. The summed E-state index contributed by atoms with van der Waals surface area (Å²) in [6.45, 7) is 4.13. The van der Waals surface area contributed by atoms with Crippen LogP contribution in [0.1, 0.15) is 33.1 Å². The summed E-state index contributed by atoms with van der Waals surface area (Å²) < 4.78 is 0. The Kier molecular flexibility index (Phi) is 2.83. The third kappa shape index (κ3) is 1.66. The summed E-state index contributed by atoms with van der Waals surface area (Å²) in [6.07, 6.45) is 3.10. The largest absolute Gasteiger partial charge is 0.390 e. The van der Waals surface area contributed by atoms with E-state index in [4.69, 9.17) is 0 Å². The van der Waals surface area contributed by atoms with Gasteiger partial charge in [0.15, 0.2) is 0 Å². The van der Waals surface area contributed by atoms with Crippen molar-refractivity contribution in [1.82, 2.24) is 0 Å². The molecule has 1 saturated carbocycles. The van der Waals surface area contributed by atoms with Crippen LogP contribution in [0.5, 0.6) is 0 Å². The normalized spacial score (nSPS) is 42.6. The molecule has 1 rings (SSSR count). The molecule has 1 N–H and O–H groups in total. The van der Waals surface area contributed by atoms with Gasteiger partial charge in [0, 0.05) is 5.92 Å². The van der Waals surface area contributed by atoms with Gasteiger partial charge in [-0.25, -0.2) is 0 Å². The van der Waals surface area contributed by atoms with E-state index in [1.165, 1.54) is 0 Å². The van der Waals surface area contributed by atoms with E-state index in [-0.39, 0.29) is 18.4 Å². The van der Waals surface area contributed by atoms with Crippen molar-refractivity contribution >= 4 is 0 Å². The van der Waals surface area contributed by atoms with Crippen LogP contribution in [-0.4, -0.2) is 17.3 Å². The fourth-order valence-corrected chi connectivity index (χ4v) is 2.02. The van der Waals surface area contributed by atoms with E-state index in [1.54, 1.807) is 0 Å². The number of rotatable bonds is 2. The van der Waals surface area contributed by atoms with Gasteiger partial charge in [-0.3, -0.25) is 0 Å². The lowest BCUT2D eigenvalue weighted by Gasteiger charge is -2.41. The van der Waals surface area contributed by atoms with Crippen molar-refractivity contribution in [3.8, 4) is 0 Å². The number of hydrogen-bond donors (Lipinski definition) is 1. The minimum absolute atomic E-state index is 0.0683. The highest BCUT2D eigenvalue weighted by atomic mass is 16.3. The van der Waals surface area contributed by atoms with E-state index in [1.807, 2.05) is 13.8 Å². The van der Waals surface area contributed by atoms with Crippen molar-refractivity contribution in [2.24, 2.45) is 17.0 Å². The summed E-state index contributed by atoms with van der Waals surface area (Å²) in [5, 5.41) is 12.9. The first-order valence-corrected chi connectivity index (χ1v) is 4.60. The van der Waals surface area contributed by atoms with Crippen molar-refractivity contribution in [2.45, 2.75) is 38.7 Å². The predicted molar refractivity (Wildman–Crippen MR) is 47.8 cm³/mol. The van der Waals surface area contributed by atoms with Gasteiger partial charge in [0.1, 0.15) is 0 Å². The Labute approximate surface area is 73.1 Å². The molecule has 3 atom stereocenters. The van der Waals surface area contributed by atoms with Crippen LogP contribution in [0.3, 0.4) is 0 Å². The van der Waals surface area contributed by atoms with Gasteiger partial charge in [-0.2, -0.15) is 4.91 Å². The smallest absolute Gasteiger partial charge is 0.0866 e. The topological polar surface area (TPSA) is 49.7 Å². The van der Waals surface area contributed by atoms with Crippen molar-refractivity contribution in [3.63, 3.8) is 0 Å². The van der Waals surface area contributed by atoms with Crippen molar-refractivity contribution < 1.29 is 5.11 Å². The SMILES string of the molecule is CC1CCCC(CN=O)C1(C)O. The van der Waals surface area contributed by atoms with Crippen LogP contribution in [0.2, 0.25) is 0 Å². The second kappa shape index (κ2) is 3.52. The molecule has 3 unspecified atom stereocenters. The zero-order chi connectivity index (χ0) is 9.19. The Morgan fingerprint density at radius 3 is 2.83 bits per heavy atom. The van der Waals surface area contributed by atoms with Crippen LogP contribution < -0.4 is 0 Å². The first-order chi connectivity index (χ1) is 5.59. The van der Waals surface area contributed by atoms with E-state index in [0.717, 1.165) is 19.3 Å². The lowest BCUT2D eigenvalue weighted by atomic mass is 9.70. The first kappa shape index (κ1) is 9.65. The van der Waals surface area contributed by atoms with Gasteiger partial charge < -0.3 is 5.11 Å². The highest BCUT2D eigenvalue weighted by Gasteiger charge is 2.39. The van der Waals surface area contributed by atoms with Gasteiger partial charge in [0.05, 0.1) is 12.1 Å². The van der Waals surface area contributed by atoms with E-state index < -0.39 is 5.60 Å². The van der Waals surface area contributed by atoms with E-state index in [0.29, 0.717) is 0 Å². The maximum absolute atomic E-state index is 10.1. The number of aliphatic hydroxyl groups is 1. The molecule has 0 aromatic carbocycles. The second-order valence-electron chi connectivity index (χ2n) is 4.07. The molecule has 0 radical (unpaired) electrons.